The Morgan fingerprint density at radius 3 is 2.79 bits per heavy atom. The molecule has 6 nitrogen and oxygen atoms in total. The fourth-order valence-corrected chi connectivity index (χ4v) is 4.02. The maximum Gasteiger partial charge on any atom is 0.265 e. The molecule has 2 unspecified atom stereocenters. The summed E-state index contributed by atoms with van der Waals surface area (Å²) in [5, 5.41) is 0.796. The highest BCUT2D eigenvalue weighted by Crippen LogP contribution is 2.35. The lowest BCUT2D eigenvalue weighted by molar-refractivity contribution is -0.0641. The van der Waals surface area contributed by atoms with Gasteiger partial charge in [-0.2, -0.15) is 0 Å². The quantitative estimate of drug-likeness (QED) is 0.758. The molecule has 6 heteroatoms. The number of hydrogen-bond acceptors (Lipinski definition) is 4. The summed E-state index contributed by atoms with van der Waals surface area (Å²) in [5.41, 5.74) is -0.164. The molecule has 3 heterocycles. The van der Waals surface area contributed by atoms with Gasteiger partial charge in [-0.3, -0.25) is 14.2 Å². The van der Waals surface area contributed by atoms with Crippen molar-refractivity contribution in [3.8, 4) is 0 Å². The van der Waals surface area contributed by atoms with Gasteiger partial charge in [-0.1, -0.05) is 20.8 Å². The Morgan fingerprint density at radius 1 is 1.39 bits per heavy atom. The zero-order chi connectivity index (χ0) is 20.5. The van der Waals surface area contributed by atoms with Crippen LogP contribution in [0.2, 0.25) is 0 Å². The Labute approximate surface area is 166 Å². The van der Waals surface area contributed by atoms with Crippen LogP contribution in [0.4, 0.5) is 0 Å². The van der Waals surface area contributed by atoms with Crippen molar-refractivity contribution in [2.45, 2.75) is 72.2 Å². The van der Waals surface area contributed by atoms with Gasteiger partial charge in [0.25, 0.3) is 11.5 Å². The van der Waals surface area contributed by atoms with Crippen LogP contribution < -0.4 is 5.56 Å². The second-order valence-corrected chi connectivity index (χ2v) is 8.18. The molecular weight excluding hydrogens is 354 g/mol. The lowest BCUT2D eigenvalue weighted by Gasteiger charge is -2.37. The highest BCUT2D eigenvalue weighted by atomic mass is 16.5. The summed E-state index contributed by atoms with van der Waals surface area (Å²) >= 11 is 0. The molecule has 28 heavy (non-hydrogen) atoms. The molecule has 0 aliphatic carbocycles. The molecule has 1 saturated heterocycles. The molecule has 1 aliphatic heterocycles. The molecule has 1 fully saturated rings. The van der Waals surface area contributed by atoms with E-state index in [0.29, 0.717) is 24.7 Å². The fourth-order valence-electron chi connectivity index (χ4n) is 4.02. The van der Waals surface area contributed by atoms with Gasteiger partial charge in [0, 0.05) is 18.1 Å². The third-order valence-electron chi connectivity index (χ3n) is 5.73. The molecular formula is C22H31N3O3. The van der Waals surface area contributed by atoms with Crippen molar-refractivity contribution < 1.29 is 9.53 Å². The molecule has 2 atom stereocenters. The lowest BCUT2D eigenvalue weighted by Crippen LogP contribution is -2.51. The number of carbonyl (C=O) groups is 1. The summed E-state index contributed by atoms with van der Waals surface area (Å²) < 4.78 is 7.69. The highest BCUT2D eigenvalue weighted by Gasteiger charge is 2.46. The average Bonchev–Trinajstić information content (AvgIpc) is 3.02. The maximum atomic E-state index is 13.6. The Bertz CT molecular complexity index is 921. The molecule has 0 saturated carbocycles. The lowest BCUT2D eigenvalue weighted by atomic mass is 9.99. The van der Waals surface area contributed by atoms with E-state index in [1.54, 1.807) is 16.8 Å². The number of amides is 1. The normalized spacial score (nSPS) is 22.4. The van der Waals surface area contributed by atoms with Crippen LogP contribution in [0.3, 0.4) is 0 Å². The predicted octanol–water partition coefficient (Wildman–Crippen LogP) is 3.82. The summed E-state index contributed by atoms with van der Waals surface area (Å²) in [7, 11) is 0. The molecule has 1 amide bonds. The topological polar surface area (TPSA) is 64.4 Å². The van der Waals surface area contributed by atoms with Crippen molar-refractivity contribution in [2.24, 2.45) is 5.92 Å². The smallest absolute Gasteiger partial charge is 0.265 e. The Kier molecular flexibility index (Phi) is 5.89. The number of aromatic nitrogens is 2. The van der Waals surface area contributed by atoms with E-state index >= 15 is 0 Å². The number of carbonyl (C=O) groups excluding carboxylic acids is 1. The molecule has 2 aromatic heterocycles. The van der Waals surface area contributed by atoms with Gasteiger partial charge in [-0.15, -0.1) is 0 Å². The summed E-state index contributed by atoms with van der Waals surface area (Å²) in [6, 6.07) is 5.37. The van der Waals surface area contributed by atoms with Crippen LogP contribution in [0.15, 0.2) is 29.2 Å². The minimum atomic E-state index is -0.685. The first-order chi connectivity index (χ1) is 13.3. The Hall–Kier alpha value is -2.21. The van der Waals surface area contributed by atoms with E-state index in [1.807, 2.05) is 30.9 Å². The standard InChI is InChI=1S/C22H31N3O3/c1-6-17-14-28-22(5,11-10-15(3)4)25(17)21(27)18-13-16-9-8-12-23-19(16)24(7-2)20(18)26/h8-9,12-13,15,17H,6-7,10-11,14H2,1-5H3. The SMILES string of the molecule is CCC1COC(C)(CCC(C)C)N1C(=O)c1cc2cccnc2n(CC)c1=O. The van der Waals surface area contributed by atoms with E-state index in [4.69, 9.17) is 4.74 Å². The fraction of sp³-hybridized carbons (Fsp3) is 0.591. The monoisotopic (exact) mass is 385 g/mol. The Balaban J connectivity index is 2.08. The van der Waals surface area contributed by atoms with Crippen LogP contribution in [-0.2, 0) is 11.3 Å². The third-order valence-corrected chi connectivity index (χ3v) is 5.73. The van der Waals surface area contributed by atoms with E-state index < -0.39 is 5.72 Å². The molecule has 0 radical (unpaired) electrons. The number of fused-ring (bicyclic) bond motifs is 1. The van der Waals surface area contributed by atoms with E-state index in [2.05, 4.69) is 25.8 Å². The van der Waals surface area contributed by atoms with Gasteiger partial charge < -0.3 is 9.64 Å². The zero-order valence-corrected chi connectivity index (χ0v) is 17.6. The molecule has 0 spiro atoms. The minimum absolute atomic E-state index is 0.0243. The van der Waals surface area contributed by atoms with Crippen LogP contribution in [0, 0.1) is 5.92 Å². The summed E-state index contributed by atoms with van der Waals surface area (Å²) in [6.45, 7) is 11.2. The first-order valence-electron chi connectivity index (χ1n) is 10.3. The van der Waals surface area contributed by atoms with Crippen LogP contribution in [0.1, 0.15) is 64.2 Å². The van der Waals surface area contributed by atoms with Crippen molar-refractivity contribution in [1.82, 2.24) is 14.5 Å². The number of nitrogens with zero attached hydrogens (tertiary/aromatic N) is 3. The molecule has 0 bridgehead atoms. The van der Waals surface area contributed by atoms with Gasteiger partial charge in [-0.05, 0) is 57.2 Å². The van der Waals surface area contributed by atoms with Crippen LogP contribution in [0.5, 0.6) is 0 Å². The maximum absolute atomic E-state index is 13.6. The molecule has 2 aromatic rings. The van der Waals surface area contributed by atoms with E-state index in [-0.39, 0.29) is 23.1 Å². The second kappa shape index (κ2) is 8.03. The Morgan fingerprint density at radius 2 is 2.14 bits per heavy atom. The predicted molar refractivity (Wildman–Crippen MR) is 110 cm³/mol. The summed E-state index contributed by atoms with van der Waals surface area (Å²) in [6.07, 6.45) is 4.17. The van der Waals surface area contributed by atoms with E-state index in [9.17, 15) is 9.59 Å². The van der Waals surface area contributed by atoms with Crippen LogP contribution >= 0.6 is 0 Å². The third kappa shape index (κ3) is 3.58. The second-order valence-electron chi connectivity index (χ2n) is 8.18. The number of pyridine rings is 2. The molecule has 0 aromatic carbocycles. The molecule has 0 N–H and O–H groups in total. The van der Waals surface area contributed by atoms with Gasteiger partial charge in [0.15, 0.2) is 0 Å². The molecule has 1 aliphatic rings. The van der Waals surface area contributed by atoms with Crippen LogP contribution in [-0.4, -0.2) is 38.7 Å². The van der Waals surface area contributed by atoms with Crippen molar-refractivity contribution in [1.29, 1.82) is 0 Å². The van der Waals surface area contributed by atoms with Crippen molar-refractivity contribution in [2.75, 3.05) is 6.61 Å². The van der Waals surface area contributed by atoms with Crippen LogP contribution in [0.25, 0.3) is 11.0 Å². The van der Waals surface area contributed by atoms with Gasteiger partial charge in [0.2, 0.25) is 0 Å². The van der Waals surface area contributed by atoms with Gasteiger partial charge >= 0.3 is 0 Å². The largest absolute Gasteiger partial charge is 0.354 e. The summed E-state index contributed by atoms with van der Waals surface area (Å²) in [5.74, 6) is 0.274. The van der Waals surface area contributed by atoms with E-state index in [0.717, 1.165) is 24.6 Å². The van der Waals surface area contributed by atoms with Gasteiger partial charge in [0.05, 0.1) is 12.6 Å². The molecule has 3 rings (SSSR count). The van der Waals surface area contributed by atoms with Gasteiger partial charge in [-0.25, -0.2) is 4.98 Å². The van der Waals surface area contributed by atoms with E-state index in [1.165, 1.54) is 0 Å². The highest BCUT2D eigenvalue weighted by molar-refractivity contribution is 5.97. The van der Waals surface area contributed by atoms with Gasteiger partial charge in [0.1, 0.15) is 16.9 Å². The van der Waals surface area contributed by atoms with Crippen molar-refractivity contribution >= 4 is 16.9 Å². The first kappa shape index (κ1) is 20.5. The minimum Gasteiger partial charge on any atom is -0.354 e. The summed E-state index contributed by atoms with van der Waals surface area (Å²) in [4.78, 5) is 32.9. The van der Waals surface area contributed by atoms with Crippen molar-refractivity contribution in [3.63, 3.8) is 0 Å². The first-order valence-corrected chi connectivity index (χ1v) is 10.3. The number of aryl methyl sites for hydroxylation is 1. The van der Waals surface area contributed by atoms with Crippen molar-refractivity contribution in [3.05, 3.63) is 40.3 Å². The molecule has 152 valence electrons. The number of ether oxygens (including phenoxy) is 1. The number of rotatable bonds is 6. The average molecular weight is 386 g/mol. The number of hydrogen-bond donors (Lipinski definition) is 0. The zero-order valence-electron chi connectivity index (χ0n) is 17.6.